The topological polar surface area (TPSA) is 122 Å². The van der Waals surface area contributed by atoms with Crippen molar-refractivity contribution in [1.82, 2.24) is 4.98 Å². The molecule has 38 heavy (non-hydrogen) atoms. The first-order valence-corrected chi connectivity index (χ1v) is 9.73. The summed E-state index contributed by atoms with van der Waals surface area (Å²) in [6.07, 6.45) is -9.59. The number of primary amides is 1. The third kappa shape index (κ3) is 7.37. The average molecular weight is 552 g/mol. The zero-order chi connectivity index (χ0) is 30.8. The molecule has 2 aromatic carbocycles. The van der Waals surface area contributed by atoms with Crippen molar-refractivity contribution in [2.75, 3.05) is 12.4 Å². The highest BCUT2D eigenvalue weighted by atomic mass is 19.4. The molecule has 2 amide bonds. The molecule has 16 heteroatoms. The van der Waals surface area contributed by atoms with Crippen LogP contribution in [-0.2, 0) is 0 Å². The van der Waals surface area contributed by atoms with Gasteiger partial charge in [0.05, 0.1) is 23.0 Å². The summed E-state index contributed by atoms with van der Waals surface area (Å²) in [6.45, 7) is 0. The van der Waals surface area contributed by atoms with Crippen molar-refractivity contribution < 1.29 is 63.4 Å². The first kappa shape index (κ1) is 23.6. The number of aromatic nitrogens is 1. The van der Waals surface area contributed by atoms with E-state index in [4.69, 9.17) is 14.6 Å². The number of benzene rings is 2. The molecule has 3 aromatic rings. The highest BCUT2D eigenvalue weighted by Crippen LogP contribution is 2.40. The van der Waals surface area contributed by atoms with Crippen LogP contribution in [0.1, 0.15) is 25.0 Å². The number of pyridine rings is 1. The molecule has 0 aliphatic heterocycles. The minimum absolute atomic E-state index is 0.138. The lowest BCUT2D eigenvalue weighted by Crippen LogP contribution is -2.19. The van der Waals surface area contributed by atoms with Crippen LogP contribution in [0.15, 0.2) is 48.7 Å². The van der Waals surface area contributed by atoms with Gasteiger partial charge in [-0.15, -0.1) is 26.3 Å². The zero-order valence-electron chi connectivity index (χ0n) is 21.2. The number of hydrogen-bond acceptors (Lipinski definition) is 7. The molecule has 1 aromatic heterocycles. The van der Waals surface area contributed by atoms with Crippen molar-refractivity contribution in [2.45, 2.75) is 12.7 Å². The quantitative estimate of drug-likeness (QED) is 0.370. The molecule has 0 saturated heterocycles. The van der Waals surface area contributed by atoms with Gasteiger partial charge in [0.15, 0.2) is 11.5 Å². The number of nitrogens with one attached hydrogen (secondary N) is 1. The van der Waals surface area contributed by atoms with Gasteiger partial charge in [0.1, 0.15) is 34.3 Å². The molecule has 0 aliphatic rings. The van der Waals surface area contributed by atoms with E-state index in [0.717, 1.165) is 18.3 Å². The number of anilines is 1. The number of rotatable bonds is 8. The fourth-order valence-corrected chi connectivity index (χ4v) is 2.83. The molecule has 0 atom stereocenters. The Kier molecular flexibility index (Phi) is 6.65. The molecule has 0 radical (unpaired) electrons. The van der Waals surface area contributed by atoms with Crippen LogP contribution in [0, 0.1) is 5.82 Å². The Hall–Kier alpha value is -4.76. The normalized spacial score (nSPS) is 13.0. The number of nitrogens with zero attached hydrogens (tertiary/aromatic N) is 1. The van der Waals surface area contributed by atoms with Crippen molar-refractivity contribution in [3.05, 3.63) is 65.7 Å². The lowest BCUT2D eigenvalue weighted by atomic mass is 10.1. The van der Waals surface area contributed by atoms with E-state index in [1.165, 1.54) is 0 Å². The van der Waals surface area contributed by atoms with Gasteiger partial charge in [-0.2, -0.15) is 0 Å². The standard InChI is InChI=1S/C22H14F7N3O6/c1-35-16-7-11(37-21(24,25)26)3-5-15(16)36-17-8-12(38-22(27,28)29)6-13(23)18(17)20(34)32-10-2-4-14(19(30)33)31-9-10/h2-9H,1H3,(H2,30,33)(H,32,34)/i1D3. The summed E-state index contributed by atoms with van der Waals surface area (Å²) >= 11 is 0. The van der Waals surface area contributed by atoms with Gasteiger partial charge in [0, 0.05) is 18.2 Å². The number of amides is 2. The van der Waals surface area contributed by atoms with Crippen LogP contribution in [-0.4, -0.2) is 36.6 Å². The van der Waals surface area contributed by atoms with E-state index in [9.17, 15) is 35.9 Å². The van der Waals surface area contributed by atoms with E-state index < -0.39 is 71.7 Å². The summed E-state index contributed by atoms with van der Waals surface area (Å²) in [5, 5.41) is 2.14. The van der Waals surface area contributed by atoms with Gasteiger partial charge < -0.3 is 30.0 Å². The maximum atomic E-state index is 15.0. The molecule has 3 rings (SSSR count). The van der Waals surface area contributed by atoms with Crippen LogP contribution in [0.4, 0.5) is 36.4 Å². The molecule has 0 spiro atoms. The Morgan fingerprint density at radius 1 is 0.921 bits per heavy atom. The second kappa shape index (κ2) is 10.7. The Morgan fingerprint density at radius 3 is 2.16 bits per heavy atom. The van der Waals surface area contributed by atoms with Gasteiger partial charge in [0.25, 0.3) is 11.8 Å². The predicted molar refractivity (Wildman–Crippen MR) is 114 cm³/mol. The number of alkyl halides is 6. The van der Waals surface area contributed by atoms with E-state index >= 15 is 4.39 Å². The minimum Gasteiger partial charge on any atom is -0.493 e. The van der Waals surface area contributed by atoms with Gasteiger partial charge >= 0.3 is 12.7 Å². The Bertz CT molecular complexity index is 1450. The lowest BCUT2D eigenvalue weighted by molar-refractivity contribution is -0.275. The maximum absolute atomic E-state index is 15.0. The van der Waals surface area contributed by atoms with Crippen LogP contribution in [0.5, 0.6) is 28.7 Å². The largest absolute Gasteiger partial charge is 0.573 e. The molecule has 3 N–H and O–H groups in total. The maximum Gasteiger partial charge on any atom is 0.573 e. The summed E-state index contributed by atoms with van der Waals surface area (Å²) in [7, 11) is -3.29. The van der Waals surface area contributed by atoms with Crippen LogP contribution < -0.4 is 30.0 Å². The van der Waals surface area contributed by atoms with E-state index in [0.29, 0.717) is 24.3 Å². The summed E-state index contributed by atoms with van der Waals surface area (Å²) < 4.78 is 130. The van der Waals surface area contributed by atoms with Gasteiger partial charge in [-0.05, 0) is 24.3 Å². The number of halogens is 7. The molecular formula is C22H14F7N3O6. The third-order valence-electron chi connectivity index (χ3n) is 4.24. The van der Waals surface area contributed by atoms with Crippen molar-refractivity contribution in [3.63, 3.8) is 0 Å². The number of ether oxygens (including phenoxy) is 4. The first-order chi connectivity index (χ1) is 18.8. The smallest absolute Gasteiger partial charge is 0.493 e. The van der Waals surface area contributed by atoms with Gasteiger partial charge in [0.2, 0.25) is 0 Å². The van der Waals surface area contributed by atoms with Gasteiger partial charge in [-0.25, -0.2) is 9.37 Å². The van der Waals surface area contributed by atoms with Crippen molar-refractivity contribution in [1.29, 1.82) is 0 Å². The van der Waals surface area contributed by atoms with E-state index in [2.05, 4.69) is 24.5 Å². The highest BCUT2D eigenvalue weighted by molar-refractivity contribution is 6.06. The molecule has 202 valence electrons. The number of carbonyl (C=O) groups excluding carboxylic acids is 2. The first-order valence-electron chi connectivity index (χ1n) is 11.2. The molecule has 0 unspecified atom stereocenters. The zero-order valence-corrected chi connectivity index (χ0v) is 18.2. The number of hydrogen-bond donors (Lipinski definition) is 2. The lowest BCUT2D eigenvalue weighted by Gasteiger charge is -2.17. The fraction of sp³-hybridized carbons (Fsp3) is 0.136. The van der Waals surface area contributed by atoms with Gasteiger partial charge in [-0.3, -0.25) is 9.59 Å². The Labute approximate surface area is 212 Å². The van der Waals surface area contributed by atoms with Gasteiger partial charge in [-0.1, -0.05) is 0 Å². The second-order valence-corrected chi connectivity index (χ2v) is 6.94. The molecule has 9 nitrogen and oxygen atoms in total. The molecule has 0 fully saturated rings. The Balaban J connectivity index is 2.08. The van der Waals surface area contributed by atoms with Crippen molar-refractivity contribution in [2.24, 2.45) is 5.73 Å². The molecule has 1 heterocycles. The van der Waals surface area contributed by atoms with E-state index in [-0.39, 0.29) is 17.4 Å². The van der Waals surface area contributed by atoms with Crippen LogP contribution >= 0.6 is 0 Å². The van der Waals surface area contributed by atoms with E-state index in [1.54, 1.807) is 0 Å². The average Bonchev–Trinajstić information content (AvgIpc) is 2.77. The number of methoxy groups -OCH3 is 1. The monoisotopic (exact) mass is 552 g/mol. The summed E-state index contributed by atoms with van der Waals surface area (Å²) in [6, 6.07) is 4.51. The van der Waals surface area contributed by atoms with Crippen LogP contribution in [0.25, 0.3) is 0 Å². The molecule has 0 aliphatic carbocycles. The fourth-order valence-electron chi connectivity index (χ4n) is 2.83. The minimum atomic E-state index is -5.33. The van der Waals surface area contributed by atoms with Crippen molar-refractivity contribution >= 4 is 17.5 Å². The summed E-state index contributed by atoms with van der Waals surface area (Å²) in [5.41, 5.74) is 3.66. The number of carbonyl (C=O) groups is 2. The number of nitrogens with two attached hydrogens (primary N) is 1. The van der Waals surface area contributed by atoms with E-state index in [1.807, 2.05) is 0 Å². The predicted octanol–water partition coefficient (Wildman–Crippen LogP) is 5.17. The Morgan fingerprint density at radius 2 is 1.58 bits per heavy atom. The van der Waals surface area contributed by atoms with Crippen LogP contribution in [0.2, 0.25) is 0 Å². The molecule has 0 saturated carbocycles. The summed E-state index contributed by atoms with van der Waals surface area (Å²) in [5.74, 6) is -8.82. The van der Waals surface area contributed by atoms with Crippen LogP contribution in [0.3, 0.4) is 0 Å². The second-order valence-electron chi connectivity index (χ2n) is 6.94. The SMILES string of the molecule is [2H]C([2H])([2H])Oc1cc(OC(F)(F)F)ccc1Oc1cc(OC(F)(F)F)cc(F)c1C(=O)Nc1ccc(C(N)=O)nc1. The van der Waals surface area contributed by atoms with Crippen molar-refractivity contribution in [3.8, 4) is 28.7 Å². The summed E-state index contributed by atoms with van der Waals surface area (Å²) in [4.78, 5) is 27.7. The third-order valence-corrected chi connectivity index (χ3v) is 4.24. The molecular weight excluding hydrogens is 535 g/mol. The molecule has 0 bridgehead atoms. The highest BCUT2D eigenvalue weighted by Gasteiger charge is 2.33.